The number of aromatic nitrogens is 1. The van der Waals surface area contributed by atoms with E-state index in [1.165, 1.54) is 0 Å². The van der Waals surface area contributed by atoms with Gasteiger partial charge in [0.05, 0.1) is 5.60 Å². The number of nitrogens with one attached hydrogen (secondary N) is 1. The van der Waals surface area contributed by atoms with Crippen LogP contribution in [0.25, 0.3) is 0 Å². The smallest absolute Gasteiger partial charge is 0.254 e. The van der Waals surface area contributed by atoms with Gasteiger partial charge in [-0.3, -0.25) is 4.79 Å². The van der Waals surface area contributed by atoms with Crippen LogP contribution in [-0.2, 0) is 0 Å². The molecular formula is C13H19N3O2. The molecule has 0 aliphatic carbocycles. The zero-order valence-corrected chi connectivity index (χ0v) is 11.0. The summed E-state index contributed by atoms with van der Waals surface area (Å²) in [5.41, 5.74) is -0.201. The quantitative estimate of drug-likeness (QED) is 0.819. The van der Waals surface area contributed by atoms with Crippen molar-refractivity contribution >= 4 is 11.7 Å². The summed E-state index contributed by atoms with van der Waals surface area (Å²) in [6.45, 7) is 4.70. The van der Waals surface area contributed by atoms with Crippen LogP contribution in [0.2, 0.25) is 0 Å². The van der Waals surface area contributed by atoms with E-state index in [0.717, 1.165) is 0 Å². The highest BCUT2D eigenvalue weighted by molar-refractivity contribution is 5.95. The second-order valence-corrected chi connectivity index (χ2v) is 5.12. The molecule has 0 radical (unpaired) electrons. The Morgan fingerprint density at radius 1 is 1.67 bits per heavy atom. The maximum atomic E-state index is 12.3. The third-order valence-electron chi connectivity index (χ3n) is 3.62. The van der Waals surface area contributed by atoms with Crippen molar-refractivity contribution in [3.05, 3.63) is 23.9 Å². The summed E-state index contributed by atoms with van der Waals surface area (Å²) in [4.78, 5) is 18.1. The van der Waals surface area contributed by atoms with Gasteiger partial charge in [-0.15, -0.1) is 0 Å². The van der Waals surface area contributed by atoms with Crippen LogP contribution in [0.3, 0.4) is 0 Å². The van der Waals surface area contributed by atoms with Crippen LogP contribution in [0, 0.1) is 5.92 Å². The molecule has 2 heterocycles. The number of pyridine rings is 1. The van der Waals surface area contributed by atoms with E-state index in [1.54, 1.807) is 37.2 Å². The number of anilines is 1. The molecule has 0 saturated carbocycles. The van der Waals surface area contributed by atoms with Gasteiger partial charge in [0.25, 0.3) is 5.91 Å². The van der Waals surface area contributed by atoms with Crippen molar-refractivity contribution in [3.8, 4) is 0 Å². The number of rotatable bonds is 2. The van der Waals surface area contributed by atoms with E-state index < -0.39 is 5.60 Å². The maximum Gasteiger partial charge on any atom is 0.254 e. The number of likely N-dealkylation sites (tertiary alicyclic amines) is 1. The predicted molar refractivity (Wildman–Crippen MR) is 69.5 cm³/mol. The Hall–Kier alpha value is -1.62. The summed E-state index contributed by atoms with van der Waals surface area (Å²) < 4.78 is 0. The van der Waals surface area contributed by atoms with Crippen LogP contribution in [0.15, 0.2) is 18.3 Å². The SMILES string of the molecule is CNc1cc(C(=O)N2C[C@@H](C)[C@@](C)(O)C2)ccn1. The molecule has 0 spiro atoms. The standard InChI is InChI=1S/C13H19N3O2/c1-9-7-16(8-13(9,2)18)12(17)10-4-5-15-11(6-10)14-3/h4-6,9,18H,7-8H2,1-3H3,(H,14,15)/t9-,13+/m1/s1. The molecule has 2 rings (SSSR count). The first-order chi connectivity index (χ1) is 8.44. The number of aliphatic hydroxyl groups is 1. The van der Waals surface area contributed by atoms with E-state index in [1.807, 2.05) is 6.92 Å². The van der Waals surface area contributed by atoms with Crippen LogP contribution in [-0.4, -0.2) is 46.6 Å². The molecular weight excluding hydrogens is 230 g/mol. The molecule has 0 unspecified atom stereocenters. The Morgan fingerprint density at radius 2 is 2.39 bits per heavy atom. The highest BCUT2D eigenvalue weighted by Crippen LogP contribution is 2.28. The minimum atomic E-state index is -0.797. The van der Waals surface area contributed by atoms with Crippen molar-refractivity contribution in [2.24, 2.45) is 5.92 Å². The summed E-state index contributed by atoms with van der Waals surface area (Å²) in [6, 6.07) is 3.42. The second kappa shape index (κ2) is 4.57. The Morgan fingerprint density at radius 3 is 2.94 bits per heavy atom. The first kappa shape index (κ1) is 12.8. The Balaban J connectivity index is 2.17. The fraction of sp³-hybridized carbons (Fsp3) is 0.538. The molecule has 0 aromatic carbocycles. The van der Waals surface area contributed by atoms with Crippen molar-refractivity contribution in [1.82, 2.24) is 9.88 Å². The molecule has 1 aliphatic heterocycles. The normalized spacial score (nSPS) is 27.3. The van der Waals surface area contributed by atoms with E-state index in [0.29, 0.717) is 24.5 Å². The second-order valence-electron chi connectivity index (χ2n) is 5.12. The highest BCUT2D eigenvalue weighted by atomic mass is 16.3. The summed E-state index contributed by atoms with van der Waals surface area (Å²) in [5.74, 6) is 0.699. The van der Waals surface area contributed by atoms with Crippen LogP contribution in [0.4, 0.5) is 5.82 Å². The van der Waals surface area contributed by atoms with Gasteiger partial charge in [0, 0.05) is 37.8 Å². The molecule has 1 fully saturated rings. The monoisotopic (exact) mass is 249 g/mol. The molecule has 0 bridgehead atoms. The maximum absolute atomic E-state index is 12.3. The topological polar surface area (TPSA) is 65.5 Å². The molecule has 1 aliphatic rings. The fourth-order valence-electron chi connectivity index (χ4n) is 2.17. The highest BCUT2D eigenvalue weighted by Gasteiger charge is 2.40. The number of carbonyl (C=O) groups excluding carboxylic acids is 1. The van der Waals surface area contributed by atoms with E-state index in [9.17, 15) is 9.90 Å². The number of β-amino-alcohol motifs (C(OH)–C–C–N with tert-alkyl or cyclic N) is 1. The number of nitrogens with zero attached hydrogens (tertiary/aromatic N) is 2. The number of carbonyl (C=O) groups is 1. The van der Waals surface area contributed by atoms with Gasteiger partial charge in [-0.05, 0) is 19.1 Å². The third kappa shape index (κ3) is 2.31. The summed E-state index contributed by atoms with van der Waals surface area (Å²) >= 11 is 0. The zero-order chi connectivity index (χ0) is 13.3. The Labute approximate surface area is 107 Å². The molecule has 2 N–H and O–H groups in total. The number of hydrogen-bond acceptors (Lipinski definition) is 4. The van der Waals surface area contributed by atoms with Gasteiger partial charge in [-0.25, -0.2) is 4.98 Å². The van der Waals surface area contributed by atoms with E-state index in [2.05, 4.69) is 10.3 Å². The molecule has 1 aromatic heterocycles. The van der Waals surface area contributed by atoms with Crippen LogP contribution in [0.1, 0.15) is 24.2 Å². The third-order valence-corrected chi connectivity index (χ3v) is 3.62. The molecule has 5 heteroatoms. The molecule has 5 nitrogen and oxygen atoms in total. The minimum absolute atomic E-state index is 0.0569. The lowest BCUT2D eigenvalue weighted by Gasteiger charge is -2.20. The average molecular weight is 249 g/mol. The molecule has 2 atom stereocenters. The predicted octanol–water partition coefficient (Wildman–Crippen LogP) is 0.966. The summed E-state index contributed by atoms with van der Waals surface area (Å²) in [6.07, 6.45) is 1.61. The zero-order valence-electron chi connectivity index (χ0n) is 11.0. The van der Waals surface area contributed by atoms with Crippen molar-refractivity contribution in [2.45, 2.75) is 19.4 Å². The molecule has 1 saturated heterocycles. The van der Waals surface area contributed by atoms with Gasteiger partial charge in [-0.2, -0.15) is 0 Å². The van der Waals surface area contributed by atoms with Crippen molar-refractivity contribution < 1.29 is 9.90 Å². The van der Waals surface area contributed by atoms with Crippen molar-refractivity contribution in [3.63, 3.8) is 0 Å². The first-order valence-corrected chi connectivity index (χ1v) is 6.09. The lowest BCUT2D eigenvalue weighted by Crippen LogP contribution is -2.35. The molecule has 1 aromatic rings. The Bertz CT molecular complexity index is 459. The lowest BCUT2D eigenvalue weighted by atomic mass is 9.95. The van der Waals surface area contributed by atoms with Crippen molar-refractivity contribution in [1.29, 1.82) is 0 Å². The molecule has 18 heavy (non-hydrogen) atoms. The van der Waals surface area contributed by atoms with Crippen LogP contribution < -0.4 is 5.32 Å². The average Bonchev–Trinajstić information content (AvgIpc) is 2.63. The first-order valence-electron chi connectivity index (χ1n) is 6.09. The van der Waals surface area contributed by atoms with Gasteiger partial charge in [0.15, 0.2) is 0 Å². The van der Waals surface area contributed by atoms with Gasteiger partial charge < -0.3 is 15.3 Å². The van der Waals surface area contributed by atoms with Gasteiger partial charge in [0.1, 0.15) is 5.82 Å². The summed E-state index contributed by atoms with van der Waals surface area (Å²) in [7, 11) is 1.76. The fourth-order valence-corrected chi connectivity index (χ4v) is 2.17. The summed E-state index contributed by atoms with van der Waals surface area (Å²) in [5, 5.41) is 13.0. The lowest BCUT2D eigenvalue weighted by molar-refractivity contribution is 0.0351. The minimum Gasteiger partial charge on any atom is -0.388 e. The van der Waals surface area contributed by atoms with E-state index in [-0.39, 0.29) is 11.8 Å². The largest absolute Gasteiger partial charge is 0.388 e. The molecule has 1 amide bonds. The van der Waals surface area contributed by atoms with E-state index >= 15 is 0 Å². The van der Waals surface area contributed by atoms with Gasteiger partial charge in [0.2, 0.25) is 0 Å². The van der Waals surface area contributed by atoms with Crippen molar-refractivity contribution in [2.75, 3.05) is 25.5 Å². The Kier molecular flexibility index (Phi) is 3.26. The number of amides is 1. The van der Waals surface area contributed by atoms with E-state index in [4.69, 9.17) is 0 Å². The molecule has 98 valence electrons. The van der Waals surface area contributed by atoms with Crippen LogP contribution in [0.5, 0.6) is 0 Å². The number of hydrogen-bond donors (Lipinski definition) is 2. The van der Waals surface area contributed by atoms with Crippen LogP contribution >= 0.6 is 0 Å². The van der Waals surface area contributed by atoms with Gasteiger partial charge >= 0.3 is 0 Å². The van der Waals surface area contributed by atoms with Gasteiger partial charge in [-0.1, -0.05) is 6.92 Å².